The molecule has 0 saturated carbocycles. The molecule has 8 heteroatoms. The lowest BCUT2D eigenvalue weighted by Gasteiger charge is -2.17. The molecular weight excluding hydrogens is 369 g/mol. The van der Waals surface area contributed by atoms with Crippen molar-refractivity contribution in [2.75, 3.05) is 43.1 Å². The van der Waals surface area contributed by atoms with Crippen LogP contribution in [0.1, 0.15) is 11.1 Å². The van der Waals surface area contributed by atoms with Gasteiger partial charge >= 0.3 is 6.18 Å². The molecule has 28 heavy (non-hydrogen) atoms. The molecule has 0 saturated heterocycles. The highest BCUT2D eigenvalue weighted by Gasteiger charge is 2.34. The Kier molecular flexibility index (Phi) is 5.60. The molecule has 0 spiro atoms. The number of hydrogen-bond donors (Lipinski definition) is 3. The summed E-state index contributed by atoms with van der Waals surface area (Å²) < 4.78 is 40.4. The fourth-order valence-electron chi connectivity index (χ4n) is 2.87. The molecule has 5 nitrogen and oxygen atoms in total. The molecule has 0 bridgehead atoms. The first kappa shape index (κ1) is 19.8. The van der Waals surface area contributed by atoms with Crippen LogP contribution in [0.15, 0.2) is 48.7 Å². The van der Waals surface area contributed by atoms with Gasteiger partial charge in [0.25, 0.3) is 5.91 Å². The summed E-state index contributed by atoms with van der Waals surface area (Å²) in [7, 11) is 3.70. The highest BCUT2D eigenvalue weighted by Crippen LogP contribution is 2.37. The Morgan fingerprint density at radius 3 is 2.61 bits per heavy atom. The molecule has 1 heterocycles. The highest BCUT2D eigenvalue weighted by atomic mass is 19.4. The Labute approximate surface area is 161 Å². The van der Waals surface area contributed by atoms with Gasteiger partial charge in [-0.15, -0.1) is 0 Å². The number of nitrogens with one attached hydrogen (secondary N) is 3. The second kappa shape index (κ2) is 7.93. The molecular formula is C20H21F3N4O. The van der Waals surface area contributed by atoms with Crippen molar-refractivity contribution in [1.29, 1.82) is 0 Å². The number of amides is 1. The quantitative estimate of drug-likeness (QED) is 0.651. The van der Waals surface area contributed by atoms with E-state index in [0.717, 1.165) is 6.07 Å². The van der Waals surface area contributed by atoms with Crippen LogP contribution < -0.4 is 16.0 Å². The summed E-state index contributed by atoms with van der Waals surface area (Å²) in [6, 6.07) is 11.1. The van der Waals surface area contributed by atoms with Crippen molar-refractivity contribution in [2.45, 2.75) is 6.18 Å². The van der Waals surface area contributed by atoms with Crippen molar-refractivity contribution >= 4 is 28.5 Å². The lowest BCUT2D eigenvalue weighted by atomic mass is 10.1. The highest BCUT2D eigenvalue weighted by molar-refractivity contribution is 6.31. The van der Waals surface area contributed by atoms with Gasteiger partial charge in [-0.05, 0) is 38.4 Å². The summed E-state index contributed by atoms with van der Waals surface area (Å²) >= 11 is 0. The number of carbonyl (C=O) groups is 1. The van der Waals surface area contributed by atoms with Gasteiger partial charge in [-0.1, -0.05) is 18.2 Å². The lowest BCUT2D eigenvalue weighted by molar-refractivity contribution is -0.136. The van der Waals surface area contributed by atoms with E-state index in [0.29, 0.717) is 29.9 Å². The summed E-state index contributed by atoms with van der Waals surface area (Å²) in [6.07, 6.45) is -3.07. The van der Waals surface area contributed by atoms with Gasteiger partial charge in [0.05, 0.1) is 11.1 Å². The number of rotatable bonds is 6. The van der Waals surface area contributed by atoms with E-state index in [4.69, 9.17) is 0 Å². The first-order valence-corrected chi connectivity index (χ1v) is 8.73. The van der Waals surface area contributed by atoms with Crippen molar-refractivity contribution in [2.24, 2.45) is 0 Å². The van der Waals surface area contributed by atoms with Crippen LogP contribution in [0.2, 0.25) is 0 Å². The third-order valence-electron chi connectivity index (χ3n) is 4.29. The number of para-hydroxylation sites is 1. The summed E-state index contributed by atoms with van der Waals surface area (Å²) in [5, 5.41) is 8.36. The molecule has 1 amide bonds. The van der Waals surface area contributed by atoms with E-state index in [1.165, 1.54) is 12.3 Å². The van der Waals surface area contributed by atoms with E-state index >= 15 is 0 Å². The number of hydrogen-bond acceptors (Lipinski definition) is 4. The van der Waals surface area contributed by atoms with E-state index in [1.807, 2.05) is 19.0 Å². The standard InChI is InChI=1S/C20H21F3N4O/c1-27(2)10-9-24-18-8-7-13(11-16(18)20(21,22)23)25-12-15-14-5-3-4-6-17(14)26-19(15)28/h3-8,11-12,24-25H,9-10H2,1-2H3,(H,26,28)/b15-12+. The summed E-state index contributed by atoms with van der Waals surface area (Å²) in [6.45, 7) is 1.00. The molecule has 0 radical (unpaired) electrons. The van der Waals surface area contributed by atoms with E-state index in [2.05, 4.69) is 16.0 Å². The summed E-state index contributed by atoms with van der Waals surface area (Å²) in [5.41, 5.74) is 1.27. The van der Waals surface area contributed by atoms with E-state index < -0.39 is 11.7 Å². The minimum atomic E-state index is -4.50. The van der Waals surface area contributed by atoms with Crippen molar-refractivity contribution < 1.29 is 18.0 Å². The van der Waals surface area contributed by atoms with Gasteiger partial charge in [0.1, 0.15) is 0 Å². The van der Waals surface area contributed by atoms with Crippen molar-refractivity contribution in [3.05, 3.63) is 59.8 Å². The van der Waals surface area contributed by atoms with Gasteiger partial charge in [-0.2, -0.15) is 13.2 Å². The molecule has 2 aromatic carbocycles. The average molecular weight is 390 g/mol. The summed E-state index contributed by atoms with van der Waals surface area (Å²) in [5.74, 6) is -0.299. The monoisotopic (exact) mass is 390 g/mol. The van der Waals surface area contributed by atoms with E-state index in [1.54, 1.807) is 30.3 Å². The van der Waals surface area contributed by atoms with Crippen LogP contribution in [0.25, 0.3) is 5.57 Å². The van der Waals surface area contributed by atoms with Crippen LogP contribution in [0, 0.1) is 0 Å². The molecule has 3 N–H and O–H groups in total. The Hall–Kier alpha value is -3.00. The van der Waals surface area contributed by atoms with E-state index in [-0.39, 0.29) is 17.3 Å². The number of nitrogens with zero attached hydrogens (tertiary/aromatic N) is 1. The zero-order chi connectivity index (χ0) is 20.3. The van der Waals surface area contributed by atoms with E-state index in [9.17, 15) is 18.0 Å². The zero-order valence-electron chi connectivity index (χ0n) is 15.5. The minimum Gasteiger partial charge on any atom is -0.383 e. The number of benzene rings is 2. The first-order chi connectivity index (χ1) is 13.3. The number of alkyl halides is 3. The van der Waals surface area contributed by atoms with Crippen LogP contribution in [0.3, 0.4) is 0 Å². The van der Waals surface area contributed by atoms with Gasteiger partial charge in [-0.25, -0.2) is 0 Å². The van der Waals surface area contributed by atoms with Crippen molar-refractivity contribution in [3.63, 3.8) is 0 Å². The number of carbonyl (C=O) groups excluding carboxylic acids is 1. The topological polar surface area (TPSA) is 56.4 Å². The molecule has 0 unspecified atom stereocenters. The molecule has 0 atom stereocenters. The fraction of sp³-hybridized carbons (Fsp3) is 0.250. The van der Waals surface area contributed by atoms with Crippen LogP contribution >= 0.6 is 0 Å². The van der Waals surface area contributed by atoms with Crippen molar-refractivity contribution in [1.82, 2.24) is 4.90 Å². The number of anilines is 3. The first-order valence-electron chi connectivity index (χ1n) is 8.73. The Bertz CT molecular complexity index is 907. The van der Waals surface area contributed by atoms with Gasteiger partial charge in [0, 0.05) is 41.9 Å². The maximum Gasteiger partial charge on any atom is 0.418 e. The predicted molar refractivity (Wildman–Crippen MR) is 105 cm³/mol. The molecule has 0 aliphatic carbocycles. The predicted octanol–water partition coefficient (Wildman–Crippen LogP) is 4.08. The smallest absolute Gasteiger partial charge is 0.383 e. The minimum absolute atomic E-state index is 0.0245. The summed E-state index contributed by atoms with van der Waals surface area (Å²) in [4.78, 5) is 14.0. The number of fused-ring (bicyclic) bond motifs is 1. The Morgan fingerprint density at radius 1 is 1.14 bits per heavy atom. The average Bonchev–Trinajstić information content (AvgIpc) is 2.94. The Morgan fingerprint density at radius 2 is 1.89 bits per heavy atom. The molecule has 2 aromatic rings. The van der Waals surface area contributed by atoms with Crippen LogP contribution in [-0.2, 0) is 11.0 Å². The van der Waals surface area contributed by atoms with Gasteiger partial charge in [0.2, 0.25) is 0 Å². The fourth-order valence-corrected chi connectivity index (χ4v) is 2.87. The SMILES string of the molecule is CN(C)CCNc1ccc(N/C=C2/C(=O)Nc3ccccc32)cc1C(F)(F)F. The Balaban J connectivity index is 1.82. The third kappa shape index (κ3) is 4.45. The lowest BCUT2D eigenvalue weighted by Crippen LogP contribution is -2.22. The number of halogens is 3. The molecule has 148 valence electrons. The zero-order valence-corrected chi connectivity index (χ0v) is 15.5. The van der Waals surface area contributed by atoms with Crippen LogP contribution in [0.4, 0.5) is 30.2 Å². The van der Waals surface area contributed by atoms with Gasteiger partial charge < -0.3 is 20.9 Å². The molecule has 1 aliphatic heterocycles. The molecule has 0 fully saturated rings. The molecule has 0 aromatic heterocycles. The maximum atomic E-state index is 13.5. The molecule has 1 aliphatic rings. The maximum absolute atomic E-state index is 13.5. The van der Waals surface area contributed by atoms with Crippen LogP contribution in [-0.4, -0.2) is 38.0 Å². The van der Waals surface area contributed by atoms with Gasteiger partial charge in [-0.3, -0.25) is 4.79 Å². The van der Waals surface area contributed by atoms with Gasteiger partial charge in [0.15, 0.2) is 0 Å². The second-order valence-electron chi connectivity index (χ2n) is 6.69. The second-order valence-corrected chi connectivity index (χ2v) is 6.69. The van der Waals surface area contributed by atoms with Crippen molar-refractivity contribution in [3.8, 4) is 0 Å². The van der Waals surface area contributed by atoms with Crippen LogP contribution in [0.5, 0.6) is 0 Å². The third-order valence-corrected chi connectivity index (χ3v) is 4.29. The number of likely N-dealkylation sites (N-methyl/N-ethyl adjacent to an activating group) is 1. The molecule has 3 rings (SSSR count). The normalized spacial score (nSPS) is 14.9. The largest absolute Gasteiger partial charge is 0.418 e.